The minimum Gasteiger partial charge on any atom is -0.505 e. The molecule has 0 aliphatic heterocycles. The molecule has 3 aromatic rings. The number of allylic oxidation sites excluding steroid dienone is 1. The molecule has 0 saturated carbocycles. The Bertz CT molecular complexity index is 1180. The van der Waals surface area contributed by atoms with Crippen LogP contribution < -0.4 is 11.1 Å². The third-order valence-electron chi connectivity index (χ3n) is 4.06. The molecule has 0 aliphatic rings. The summed E-state index contributed by atoms with van der Waals surface area (Å²) in [6.45, 7) is 7.16. The topological polar surface area (TPSA) is 130 Å². The molecule has 2 aromatic carbocycles. The third kappa shape index (κ3) is 4.01. The maximum Gasteiger partial charge on any atom is 0.259 e. The number of phenols is 1. The monoisotopic (exact) mass is 387 g/mol. The Morgan fingerprint density at radius 3 is 2.62 bits per heavy atom. The number of carbonyl (C=O) groups is 2. The van der Waals surface area contributed by atoms with E-state index in [1.807, 2.05) is 0 Å². The predicted molar refractivity (Wildman–Crippen MR) is 109 cm³/mol. The summed E-state index contributed by atoms with van der Waals surface area (Å²) in [5, 5.41) is 22.5. The maximum atomic E-state index is 12.5. The van der Waals surface area contributed by atoms with E-state index in [0.717, 1.165) is 0 Å². The Labute approximate surface area is 166 Å². The average molecular weight is 387 g/mol. The molecule has 0 fully saturated rings. The number of hydrogen-bond acceptors (Lipinski definition) is 6. The van der Waals surface area contributed by atoms with Gasteiger partial charge in [-0.3, -0.25) is 9.59 Å². The molecule has 0 radical (unpaired) electrons. The van der Waals surface area contributed by atoms with Crippen LogP contribution in [0.25, 0.3) is 10.8 Å². The number of azo groups is 1. The van der Waals surface area contributed by atoms with Gasteiger partial charge in [0.05, 0.1) is 11.1 Å². The minimum atomic E-state index is -0.711. The molecule has 4 N–H and O–H groups in total. The number of phenolic OH excluding ortho intramolecular Hbond substituents is 1. The molecule has 0 unspecified atom stereocenters. The first kappa shape index (κ1) is 19.4. The lowest BCUT2D eigenvalue weighted by Gasteiger charge is -2.11. The van der Waals surface area contributed by atoms with Gasteiger partial charge in [0.25, 0.3) is 11.8 Å². The van der Waals surface area contributed by atoms with Crippen LogP contribution in [0.5, 0.6) is 5.75 Å². The van der Waals surface area contributed by atoms with Crippen LogP contribution >= 0.6 is 0 Å². The molecule has 8 nitrogen and oxygen atoms in total. The second-order valence-corrected chi connectivity index (χ2v) is 5.96. The zero-order chi connectivity index (χ0) is 21.0. The maximum absolute atomic E-state index is 12.5. The largest absolute Gasteiger partial charge is 0.505 e. The number of pyridine rings is 1. The van der Waals surface area contributed by atoms with Crippen LogP contribution in [0.4, 0.5) is 11.5 Å². The highest BCUT2D eigenvalue weighted by molar-refractivity contribution is 6.07. The fraction of sp³-hybridized carbons (Fsp3) is 0. The summed E-state index contributed by atoms with van der Waals surface area (Å²) in [5.74, 6) is -1.67. The first-order valence-corrected chi connectivity index (χ1v) is 8.46. The molecule has 1 heterocycles. The van der Waals surface area contributed by atoms with Gasteiger partial charge >= 0.3 is 0 Å². The molecular formula is C21H17N5O3. The van der Waals surface area contributed by atoms with Crippen molar-refractivity contribution in [3.05, 3.63) is 84.7 Å². The number of nitrogens with zero attached hydrogens (tertiary/aromatic N) is 3. The van der Waals surface area contributed by atoms with Crippen LogP contribution in [0.3, 0.4) is 0 Å². The Balaban J connectivity index is 2.15. The van der Waals surface area contributed by atoms with Gasteiger partial charge in [0, 0.05) is 17.3 Å². The third-order valence-corrected chi connectivity index (χ3v) is 4.06. The summed E-state index contributed by atoms with van der Waals surface area (Å²) in [4.78, 5) is 28.1. The van der Waals surface area contributed by atoms with E-state index in [4.69, 9.17) is 5.73 Å². The highest BCUT2D eigenvalue weighted by Crippen LogP contribution is 2.39. The van der Waals surface area contributed by atoms with Gasteiger partial charge in [-0.15, -0.1) is 10.2 Å². The van der Waals surface area contributed by atoms with Crippen molar-refractivity contribution in [1.29, 1.82) is 0 Å². The van der Waals surface area contributed by atoms with E-state index in [-0.39, 0.29) is 34.1 Å². The number of aromatic hydroxyl groups is 1. The average Bonchev–Trinajstić information content (AvgIpc) is 2.72. The van der Waals surface area contributed by atoms with Crippen LogP contribution in [0.1, 0.15) is 20.7 Å². The van der Waals surface area contributed by atoms with E-state index in [1.54, 1.807) is 30.3 Å². The second kappa shape index (κ2) is 8.13. The number of nitrogens with one attached hydrogen (secondary N) is 1. The zero-order valence-electron chi connectivity index (χ0n) is 15.3. The van der Waals surface area contributed by atoms with Crippen molar-refractivity contribution in [3.8, 4) is 5.75 Å². The van der Waals surface area contributed by atoms with E-state index in [0.29, 0.717) is 10.8 Å². The Morgan fingerprint density at radius 1 is 1.14 bits per heavy atom. The van der Waals surface area contributed by atoms with Crippen molar-refractivity contribution in [2.75, 3.05) is 0 Å². The minimum absolute atomic E-state index is 0.00151. The van der Waals surface area contributed by atoms with Crippen LogP contribution in [-0.4, -0.2) is 21.9 Å². The Hall–Kier alpha value is -4.33. The molecule has 0 spiro atoms. The number of amides is 2. The molecule has 0 atom stereocenters. The first-order valence-electron chi connectivity index (χ1n) is 8.46. The van der Waals surface area contributed by atoms with Crippen molar-refractivity contribution in [2.45, 2.75) is 0 Å². The number of aromatic nitrogens is 1. The van der Waals surface area contributed by atoms with Crippen molar-refractivity contribution in [3.63, 3.8) is 0 Å². The van der Waals surface area contributed by atoms with E-state index in [1.165, 1.54) is 24.4 Å². The lowest BCUT2D eigenvalue weighted by molar-refractivity contribution is 0.0963. The van der Waals surface area contributed by atoms with E-state index in [2.05, 4.69) is 33.7 Å². The Kier molecular flexibility index (Phi) is 5.45. The summed E-state index contributed by atoms with van der Waals surface area (Å²) < 4.78 is 0. The number of rotatable bonds is 6. The van der Waals surface area contributed by atoms with Gasteiger partial charge in [-0.1, -0.05) is 37.4 Å². The number of carbonyl (C=O) groups excluding carboxylic acids is 2. The molecular weight excluding hydrogens is 370 g/mol. The summed E-state index contributed by atoms with van der Waals surface area (Å²) in [7, 11) is 0. The number of nitrogens with two attached hydrogens (primary N) is 1. The molecule has 29 heavy (non-hydrogen) atoms. The number of primary amides is 1. The van der Waals surface area contributed by atoms with Crippen LogP contribution in [0, 0.1) is 0 Å². The Morgan fingerprint density at radius 2 is 1.90 bits per heavy atom. The smallest absolute Gasteiger partial charge is 0.259 e. The van der Waals surface area contributed by atoms with Gasteiger partial charge in [0.15, 0.2) is 11.6 Å². The molecule has 0 saturated heterocycles. The van der Waals surface area contributed by atoms with Crippen LogP contribution in [0.2, 0.25) is 0 Å². The fourth-order valence-electron chi connectivity index (χ4n) is 2.62. The second-order valence-electron chi connectivity index (χ2n) is 5.96. The number of fused-ring (bicyclic) bond motifs is 1. The predicted octanol–water partition coefficient (Wildman–Crippen LogP) is 3.88. The SMILES string of the molecule is C=CC(=C)NC(=O)c1cc2ccccc2c(N=Nc2ncccc2C(N)=O)c1O. The highest BCUT2D eigenvalue weighted by atomic mass is 16.3. The van der Waals surface area contributed by atoms with Gasteiger partial charge in [0.1, 0.15) is 5.69 Å². The first-order chi connectivity index (χ1) is 13.9. The molecule has 8 heteroatoms. The van der Waals surface area contributed by atoms with Crippen molar-refractivity contribution < 1.29 is 14.7 Å². The molecule has 1 aromatic heterocycles. The van der Waals surface area contributed by atoms with Gasteiger partial charge in [-0.25, -0.2) is 4.98 Å². The van der Waals surface area contributed by atoms with Gasteiger partial charge in [0.2, 0.25) is 0 Å². The summed E-state index contributed by atoms with van der Waals surface area (Å²) in [6.07, 6.45) is 2.81. The van der Waals surface area contributed by atoms with E-state index < -0.39 is 11.8 Å². The van der Waals surface area contributed by atoms with Gasteiger partial charge in [-0.05, 0) is 29.7 Å². The standard InChI is InChI=1S/C21H17N5O3/c1-3-12(2)24-21(29)16-11-13-7-4-5-8-14(13)17(18(16)27)25-26-20-15(19(22)28)9-6-10-23-20/h3-11,27H,1-2H2,(H2,22,28)(H,24,29). The van der Waals surface area contributed by atoms with E-state index in [9.17, 15) is 14.7 Å². The molecule has 0 bridgehead atoms. The van der Waals surface area contributed by atoms with Crippen molar-refractivity contribution >= 4 is 34.1 Å². The summed E-state index contributed by atoms with van der Waals surface area (Å²) >= 11 is 0. The van der Waals surface area contributed by atoms with Gasteiger partial charge < -0.3 is 16.2 Å². The molecule has 3 rings (SSSR count). The van der Waals surface area contributed by atoms with Crippen molar-refractivity contribution in [2.24, 2.45) is 16.0 Å². The molecule has 144 valence electrons. The zero-order valence-corrected chi connectivity index (χ0v) is 15.3. The summed E-state index contributed by atoms with van der Waals surface area (Å²) in [5.41, 5.74) is 5.73. The van der Waals surface area contributed by atoms with Crippen LogP contribution in [0.15, 0.2) is 83.8 Å². The van der Waals surface area contributed by atoms with Crippen LogP contribution in [-0.2, 0) is 0 Å². The molecule has 2 amide bonds. The fourth-order valence-corrected chi connectivity index (χ4v) is 2.62. The van der Waals surface area contributed by atoms with E-state index >= 15 is 0 Å². The number of benzene rings is 2. The normalized spacial score (nSPS) is 10.8. The molecule has 0 aliphatic carbocycles. The lowest BCUT2D eigenvalue weighted by Crippen LogP contribution is -2.21. The highest BCUT2D eigenvalue weighted by Gasteiger charge is 2.19. The van der Waals surface area contributed by atoms with Crippen molar-refractivity contribution in [1.82, 2.24) is 10.3 Å². The van der Waals surface area contributed by atoms with Gasteiger partial charge in [-0.2, -0.15) is 0 Å². The number of hydrogen-bond donors (Lipinski definition) is 3. The quantitative estimate of drug-likeness (QED) is 0.437. The summed E-state index contributed by atoms with van der Waals surface area (Å²) in [6, 6.07) is 11.6. The lowest BCUT2D eigenvalue weighted by atomic mass is 10.0.